The zero-order valence-corrected chi connectivity index (χ0v) is 24.7. The van der Waals surface area contributed by atoms with Gasteiger partial charge in [0.2, 0.25) is 5.91 Å². The van der Waals surface area contributed by atoms with Gasteiger partial charge in [0.05, 0.1) is 12.2 Å². The third-order valence-corrected chi connectivity index (χ3v) is 7.90. The molecule has 1 heterocycles. The second-order valence-corrected chi connectivity index (χ2v) is 11.1. The van der Waals surface area contributed by atoms with Gasteiger partial charge in [-0.1, -0.05) is 66.7 Å². The van der Waals surface area contributed by atoms with Gasteiger partial charge in [-0.2, -0.15) is 0 Å². The Balaban J connectivity index is 1.50. The Bertz CT molecular complexity index is 1330. The monoisotopic (exact) mass is 580 g/mol. The van der Waals surface area contributed by atoms with Crippen LogP contribution in [0.5, 0.6) is 0 Å². The fraction of sp³-hybridized carbons (Fsp3) is 0.441. The lowest BCUT2D eigenvalue weighted by Crippen LogP contribution is -2.46. The quantitative estimate of drug-likeness (QED) is 0.249. The van der Waals surface area contributed by atoms with Crippen molar-refractivity contribution in [2.45, 2.75) is 57.7 Å². The average molecular weight is 581 g/mol. The van der Waals surface area contributed by atoms with Gasteiger partial charge < -0.3 is 25.2 Å². The van der Waals surface area contributed by atoms with Crippen LogP contribution in [-0.2, 0) is 32.9 Å². The van der Waals surface area contributed by atoms with Gasteiger partial charge in [-0.05, 0) is 72.2 Å². The minimum atomic E-state index is -3.03. The minimum absolute atomic E-state index is 0.0396. The number of carbonyl (C=O) groups is 1. The Morgan fingerprint density at radius 2 is 1.83 bits per heavy atom. The van der Waals surface area contributed by atoms with Crippen LogP contribution in [0.2, 0.25) is 0 Å². The highest BCUT2D eigenvalue weighted by Gasteiger charge is 2.42. The third-order valence-electron chi connectivity index (χ3n) is 7.90. The van der Waals surface area contributed by atoms with Crippen molar-refractivity contribution >= 4 is 5.91 Å². The molecule has 0 radical (unpaired) electrons. The summed E-state index contributed by atoms with van der Waals surface area (Å²) in [5.74, 6) is -3.24. The lowest BCUT2D eigenvalue weighted by molar-refractivity contribution is -0.125. The van der Waals surface area contributed by atoms with E-state index in [-0.39, 0.29) is 25.0 Å². The van der Waals surface area contributed by atoms with E-state index in [1.807, 2.05) is 36.4 Å². The van der Waals surface area contributed by atoms with Crippen molar-refractivity contribution in [3.05, 3.63) is 94.5 Å². The maximum atomic E-state index is 13.8. The van der Waals surface area contributed by atoms with Gasteiger partial charge in [0.1, 0.15) is 13.2 Å². The van der Waals surface area contributed by atoms with E-state index in [9.17, 15) is 18.7 Å². The first-order valence-corrected chi connectivity index (χ1v) is 14.6. The standard InChI is InChI=1S/C34H42F2N2O4/c1-4-41-22-33(35,36)23-42-21-26-9-12-29(13-10-26)34(40)16-18-37-20-32(34)30-14-11-28(19-24(30)2)31-8-6-5-7-27(31)15-17-38-25(3)39/h5-14,19,32,37,40H,4,15-18,20-23H2,1-3H3,(H,38,39). The molecular weight excluding hydrogens is 538 g/mol. The molecule has 8 heteroatoms. The lowest BCUT2D eigenvalue weighted by Gasteiger charge is -2.42. The molecule has 226 valence electrons. The van der Waals surface area contributed by atoms with Gasteiger partial charge in [-0.15, -0.1) is 0 Å². The van der Waals surface area contributed by atoms with Crippen molar-refractivity contribution in [3.8, 4) is 11.1 Å². The summed E-state index contributed by atoms with van der Waals surface area (Å²) < 4.78 is 37.7. The van der Waals surface area contributed by atoms with Gasteiger partial charge in [0, 0.05) is 32.5 Å². The van der Waals surface area contributed by atoms with Crippen LogP contribution in [0.3, 0.4) is 0 Å². The maximum absolute atomic E-state index is 13.8. The van der Waals surface area contributed by atoms with Crippen LogP contribution in [0.15, 0.2) is 66.7 Å². The summed E-state index contributed by atoms with van der Waals surface area (Å²) in [6, 6.07) is 22.0. The first kappa shape index (κ1) is 31.8. The van der Waals surface area contributed by atoms with E-state index in [2.05, 4.69) is 47.9 Å². The number of nitrogens with one attached hydrogen (secondary N) is 2. The normalized spacial score (nSPS) is 19.0. The molecule has 1 amide bonds. The zero-order valence-electron chi connectivity index (χ0n) is 24.7. The molecule has 2 atom stereocenters. The molecule has 0 bridgehead atoms. The number of benzene rings is 3. The number of alkyl halides is 2. The number of aliphatic hydroxyl groups is 1. The molecule has 1 aliphatic rings. The van der Waals surface area contributed by atoms with Crippen molar-refractivity contribution < 1.29 is 28.2 Å². The molecule has 1 aliphatic heterocycles. The summed E-state index contributed by atoms with van der Waals surface area (Å²) in [4.78, 5) is 11.3. The van der Waals surface area contributed by atoms with Crippen molar-refractivity contribution in [1.29, 1.82) is 0 Å². The minimum Gasteiger partial charge on any atom is -0.384 e. The maximum Gasteiger partial charge on any atom is 0.293 e. The van der Waals surface area contributed by atoms with Gasteiger partial charge >= 0.3 is 0 Å². The molecule has 0 aromatic heterocycles. The predicted octanol–water partition coefficient (Wildman–Crippen LogP) is 5.49. The first-order chi connectivity index (χ1) is 20.1. The molecule has 6 nitrogen and oxygen atoms in total. The van der Waals surface area contributed by atoms with Crippen LogP contribution in [0.4, 0.5) is 8.78 Å². The molecule has 3 N–H and O–H groups in total. The number of amides is 1. The van der Waals surface area contributed by atoms with E-state index < -0.39 is 24.7 Å². The Morgan fingerprint density at radius 1 is 1.10 bits per heavy atom. The highest BCUT2D eigenvalue weighted by atomic mass is 19.3. The second-order valence-electron chi connectivity index (χ2n) is 11.1. The molecular formula is C34H42F2N2O4. The number of halogens is 2. The molecule has 0 saturated carbocycles. The predicted molar refractivity (Wildman–Crippen MR) is 161 cm³/mol. The molecule has 0 aliphatic carbocycles. The van der Waals surface area contributed by atoms with Crippen LogP contribution in [0, 0.1) is 6.92 Å². The number of ether oxygens (including phenoxy) is 2. The Kier molecular flexibility index (Phi) is 10.8. The number of hydrogen-bond donors (Lipinski definition) is 3. The van der Waals surface area contributed by atoms with Crippen molar-refractivity contribution in [2.75, 3.05) is 39.5 Å². The molecule has 1 fully saturated rings. The summed E-state index contributed by atoms with van der Waals surface area (Å²) in [7, 11) is 0. The Labute approximate surface area is 247 Å². The third kappa shape index (κ3) is 8.01. The summed E-state index contributed by atoms with van der Waals surface area (Å²) in [5.41, 5.74) is 6.03. The van der Waals surface area contributed by atoms with Crippen molar-refractivity contribution in [3.63, 3.8) is 0 Å². The van der Waals surface area contributed by atoms with Crippen molar-refractivity contribution in [2.24, 2.45) is 0 Å². The Hall–Kier alpha value is -3.17. The van der Waals surface area contributed by atoms with Gasteiger partial charge in [-0.25, -0.2) is 8.78 Å². The average Bonchev–Trinajstić information content (AvgIpc) is 2.97. The number of piperidine rings is 1. The fourth-order valence-corrected chi connectivity index (χ4v) is 5.71. The van der Waals surface area contributed by atoms with Crippen LogP contribution in [-0.4, -0.2) is 56.4 Å². The lowest BCUT2D eigenvalue weighted by atomic mass is 9.72. The summed E-state index contributed by atoms with van der Waals surface area (Å²) >= 11 is 0. The van der Waals surface area contributed by atoms with E-state index in [0.29, 0.717) is 26.1 Å². The summed E-state index contributed by atoms with van der Waals surface area (Å²) in [6.07, 6.45) is 1.28. The van der Waals surface area contributed by atoms with Crippen LogP contribution < -0.4 is 10.6 Å². The number of carbonyl (C=O) groups excluding carboxylic acids is 1. The molecule has 1 saturated heterocycles. The van der Waals surface area contributed by atoms with E-state index in [1.54, 1.807) is 6.92 Å². The van der Waals surface area contributed by atoms with Gasteiger partial charge in [0.15, 0.2) is 0 Å². The van der Waals surface area contributed by atoms with Gasteiger partial charge in [-0.3, -0.25) is 4.79 Å². The molecule has 42 heavy (non-hydrogen) atoms. The Morgan fingerprint density at radius 3 is 2.55 bits per heavy atom. The molecule has 3 aromatic carbocycles. The van der Waals surface area contributed by atoms with Crippen LogP contribution in [0.1, 0.15) is 54.0 Å². The summed E-state index contributed by atoms with van der Waals surface area (Å²) in [6.45, 7) is 6.09. The van der Waals surface area contributed by atoms with Crippen molar-refractivity contribution in [1.82, 2.24) is 10.6 Å². The SMILES string of the molecule is CCOCC(F)(F)COCc1ccc(C2(O)CCNCC2c2ccc(-c3ccccc3CCNC(C)=O)cc2C)cc1. The van der Waals surface area contributed by atoms with Crippen LogP contribution >= 0.6 is 0 Å². The topological polar surface area (TPSA) is 79.8 Å². The highest BCUT2D eigenvalue weighted by molar-refractivity contribution is 5.73. The van der Waals surface area contributed by atoms with E-state index in [4.69, 9.17) is 9.47 Å². The number of hydrogen-bond acceptors (Lipinski definition) is 5. The van der Waals surface area contributed by atoms with E-state index >= 15 is 0 Å². The van der Waals surface area contributed by atoms with E-state index in [1.165, 1.54) is 6.92 Å². The van der Waals surface area contributed by atoms with Crippen LogP contribution in [0.25, 0.3) is 11.1 Å². The smallest absolute Gasteiger partial charge is 0.293 e. The zero-order chi connectivity index (χ0) is 30.2. The molecule has 0 spiro atoms. The largest absolute Gasteiger partial charge is 0.384 e. The van der Waals surface area contributed by atoms with Gasteiger partial charge in [0.25, 0.3) is 5.92 Å². The second kappa shape index (κ2) is 14.3. The number of aryl methyl sites for hydroxylation is 1. The molecule has 4 rings (SSSR count). The fourth-order valence-electron chi connectivity index (χ4n) is 5.71. The van der Waals surface area contributed by atoms with E-state index in [0.717, 1.165) is 45.4 Å². The molecule has 2 unspecified atom stereocenters. The molecule has 3 aromatic rings. The highest BCUT2D eigenvalue weighted by Crippen LogP contribution is 2.43. The first-order valence-electron chi connectivity index (χ1n) is 14.6. The number of rotatable bonds is 13. The summed E-state index contributed by atoms with van der Waals surface area (Å²) in [5, 5.41) is 18.4.